The van der Waals surface area contributed by atoms with Gasteiger partial charge >= 0.3 is 6.09 Å². The molecule has 0 aliphatic carbocycles. The Morgan fingerprint density at radius 2 is 2.15 bits per heavy atom. The van der Waals surface area contributed by atoms with Crippen molar-refractivity contribution >= 4 is 29.4 Å². The van der Waals surface area contributed by atoms with Crippen LogP contribution in [-0.2, 0) is 0 Å². The van der Waals surface area contributed by atoms with Crippen LogP contribution in [0.4, 0.5) is 4.79 Å². The molecule has 0 amide bonds. The molecule has 0 radical (unpaired) electrons. The Hall–Kier alpha value is -1.62. The average molecular weight is 195 g/mol. The SMILES string of the molecule is O=C(O)n1c(=S)oc2ccccc21. The van der Waals surface area contributed by atoms with Crippen molar-refractivity contribution in [3.8, 4) is 0 Å². The molecule has 5 heteroatoms. The summed E-state index contributed by atoms with van der Waals surface area (Å²) >= 11 is 4.74. The number of carboxylic acid groups (broad SMARTS) is 1. The Kier molecular flexibility index (Phi) is 1.66. The summed E-state index contributed by atoms with van der Waals surface area (Å²) in [5.74, 6) is 0. The Bertz CT molecular complexity index is 525. The van der Waals surface area contributed by atoms with Gasteiger partial charge in [0, 0.05) is 0 Å². The molecule has 0 aliphatic heterocycles. The maximum absolute atomic E-state index is 10.7. The molecule has 4 nitrogen and oxygen atoms in total. The molecular formula is C8H5NO3S. The lowest BCUT2D eigenvalue weighted by Gasteiger charge is -1.91. The number of rotatable bonds is 0. The predicted octanol–water partition coefficient (Wildman–Crippen LogP) is 2.49. The summed E-state index contributed by atoms with van der Waals surface area (Å²) in [6, 6.07) is 6.80. The fraction of sp³-hybridized carbons (Fsp3) is 0. The number of aromatic nitrogens is 1. The minimum atomic E-state index is -1.13. The van der Waals surface area contributed by atoms with E-state index >= 15 is 0 Å². The van der Waals surface area contributed by atoms with Crippen molar-refractivity contribution < 1.29 is 14.3 Å². The fourth-order valence-corrected chi connectivity index (χ4v) is 1.41. The number of hydrogen-bond donors (Lipinski definition) is 1. The van der Waals surface area contributed by atoms with E-state index in [2.05, 4.69) is 0 Å². The predicted molar refractivity (Wildman–Crippen MR) is 48.5 cm³/mol. The van der Waals surface area contributed by atoms with E-state index < -0.39 is 6.09 Å². The summed E-state index contributed by atoms with van der Waals surface area (Å²) in [5.41, 5.74) is 0.954. The molecule has 0 unspecified atom stereocenters. The van der Waals surface area contributed by atoms with Crippen LogP contribution in [-0.4, -0.2) is 15.8 Å². The summed E-state index contributed by atoms with van der Waals surface area (Å²) < 4.78 is 5.99. The first-order valence-electron chi connectivity index (χ1n) is 3.54. The maximum Gasteiger partial charge on any atom is 0.419 e. The van der Waals surface area contributed by atoms with Crippen LogP contribution in [0.25, 0.3) is 11.1 Å². The minimum Gasteiger partial charge on any atom is -0.464 e. The second kappa shape index (κ2) is 2.70. The van der Waals surface area contributed by atoms with E-state index in [1.54, 1.807) is 24.3 Å². The van der Waals surface area contributed by atoms with Crippen LogP contribution in [0.15, 0.2) is 28.7 Å². The molecule has 1 aromatic heterocycles. The number of benzene rings is 1. The number of fused-ring (bicyclic) bond motifs is 1. The summed E-state index contributed by atoms with van der Waals surface area (Å²) in [7, 11) is 0. The van der Waals surface area contributed by atoms with E-state index in [1.807, 2.05) is 0 Å². The van der Waals surface area contributed by atoms with E-state index in [0.29, 0.717) is 11.1 Å². The van der Waals surface area contributed by atoms with Gasteiger partial charge in [0.2, 0.25) is 0 Å². The molecule has 0 aliphatic rings. The van der Waals surface area contributed by atoms with Gasteiger partial charge in [0.05, 0.1) is 5.52 Å². The Morgan fingerprint density at radius 1 is 1.46 bits per heavy atom. The van der Waals surface area contributed by atoms with Crippen LogP contribution >= 0.6 is 12.2 Å². The molecule has 0 fully saturated rings. The largest absolute Gasteiger partial charge is 0.464 e. The highest BCUT2D eigenvalue weighted by Crippen LogP contribution is 2.16. The van der Waals surface area contributed by atoms with Crippen LogP contribution in [0, 0.1) is 4.84 Å². The maximum atomic E-state index is 10.7. The first kappa shape index (κ1) is 8.00. The number of carbonyl (C=O) groups is 1. The Balaban J connectivity index is 2.95. The van der Waals surface area contributed by atoms with Crippen LogP contribution in [0.2, 0.25) is 0 Å². The number of hydrogen-bond acceptors (Lipinski definition) is 3. The lowest BCUT2D eigenvalue weighted by atomic mass is 10.3. The van der Waals surface area contributed by atoms with E-state index in [9.17, 15) is 4.79 Å². The molecule has 2 aromatic rings. The van der Waals surface area contributed by atoms with Crippen LogP contribution in [0.3, 0.4) is 0 Å². The third-order valence-corrected chi connectivity index (χ3v) is 1.94. The number of oxazole rings is 1. The van der Waals surface area contributed by atoms with Gasteiger partial charge in [-0.1, -0.05) is 12.1 Å². The monoisotopic (exact) mass is 195 g/mol. The summed E-state index contributed by atoms with van der Waals surface area (Å²) in [6.07, 6.45) is -1.13. The zero-order valence-electron chi connectivity index (χ0n) is 6.43. The molecule has 1 N–H and O–H groups in total. The number of para-hydroxylation sites is 2. The summed E-state index contributed by atoms with van der Waals surface area (Å²) in [6.45, 7) is 0. The third kappa shape index (κ3) is 1.13. The fourth-order valence-electron chi connectivity index (χ4n) is 1.15. The summed E-state index contributed by atoms with van der Waals surface area (Å²) in [5, 5.41) is 8.79. The van der Waals surface area contributed by atoms with Gasteiger partial charge in [0.15, 0.2) is 5.58 Å². The molecule has 0 bridgehead atoms. The topological polar surface area (TPSA) is 55.4 Å². The minimum absolute atomic E-state index is 0.0475. The zero-order chi connectivity index (χ0) is 9.42. The smallest absolute Gasteiger partial charge is 0.419 e. The highest BCUT2D eigenvalue weighted by molar-refractivity contribution is 7.71. The van der Waals surface area contributed by atoms with Gasteiger partial charge in [-0.3, -0.25) is 0 Å². The van der Waals surface area contributed by atoms with Crippen LogP contribution in [0.1, 0.15) is 0 Å². The van der Waals surface area contributed by atoms with Crippen molar-refractivity contribution in [3.63, 3.8) is 0 Å². The van der Waals surface area contributed by atoms with E-state index in [0.717, 1.165) is 4.57 Å². The van der Waals surface area contributed by atoms with Crippen molar-refractivity contribution in [3.05, 3.63) is 29.1 Å². The molecule has 66 valence electrons. The van der Waals surface area contributed by atoms with Crippen molar-refractivity contribution in [1.82, 2.24) is 4.57 Å². The highest BCUT2D eigenvalue weighted by atomic mass is 32.1. The number of nitrogens with zero attached hydrogens (tertiary/aromatic N) is 1. The Labute approximate surface area is 78.0 Å². The Morgan fingerprint density at radius 3 is 2.85 bits per heavy atom. The third-order valence-electron chi connectivity index (χ3n) is 1.68. The second-order valence-electron chi connectivity index (χ2n) is 2.45. The van der Waals surface area contributed by atoms with E-state index in [-0.39, 0.29) is 4.84 Å². The van der Waals surface area contributed by atoms with Gasteiger partial charge in [0.1, 0.15) is 0 Å². The molecule has 1 aromatic carbocycles. The van der Waals surface area contributed by atoms with Crippen LogP contribution < -0.4 is 0 Å². The summed E-state index contributed by atoms with van der Waals surface area (Å²) in [4.78, 5) is 10.7. The van der Waals surface area contributed by atoms with Gasteiger partial charge in [-0.25, -0.2) is 9.36 Å². The molecule has 0 spiro atoms. The van der Waals surface area contributed by atoms with Gasteiger partial charge in [-0.15, -0.1) is 0 Å². The van der Waals surface area contributed by atoms with Gasteiger partial charge in [-0.2, -0.15) is 0 Å². The molecule has 2 rings (SSSR count). The standard InChI is InChI=1S/C8H5NO3S/c10-7(11)9-5-3-1-2-4-6(5)12-8(9)13/h1-4H,(H,10,11). The van der Waals surface area contributed by atoms with E-state index in [4.69, 9.17) is 21.7 Å². The lowest BCUT2D eigenvalue weighted by molar-refractivity contribution is 0.196. The van der Waals surface area contributed by atoms with Gasteiger partial charge in [-0.05, 0) is 24.4 Å². The molecule has 13 heavy (non-hydrogen) atoms. The first-order valence-corrected chi connectivity index (χ1v) is 3.95. The lowest BCUT2D eigenvalue weighted by Crippen LogP contribution is -2.06. The quantitative estimate of drug-likeness (QED) is 0.656. The van der Waals surface area contributed by atoms with Gasteiger partial charge < -0.3 is 9.52 Å². The molecule has 0 saturated carbocycles. The molecular weight excluding hydrogens is 190 g/mol. The van der Waals surface area contributed by atoms with Crippen molar-refractivity contribution in [1.29, 1.82) is 0 Å². The second-order valence-corrected chi connectivity index (χ2v) is 2.80. The first-order chi connectivity index (χ1) is 6.20. The van der Waals surface area contributed by atoms with Crippen molar-refractivity contribution in [2.45, 2.75) is 0 Å². The molecule has 1 heterocycles. The van der Waals surface area contributed by atoms with Crippen molar-refractivity contribution in [2.75, 3.05) is 0 Å². The highest BCUT2D eigenvalue weighted by Gasteiger charge is 2.10. The van der Waals surface area contributed by atoms with E-state index in [1.165, 1.54) is 0 Å². The van der Waals surface area contributed by atoms with Crippen molar-refractivity contribution in [2.24, 2.45) is 0 Å². The molecule has 0 saturated heterocycles. The molecule has 0 atom stereocenters. The van der Waals surface area contributed by atoms with Gasteiger partial charge in [0.25, 0.3) is 4.84 Å². The zero-order valence-corrected chi connectivity index (χ0v) is 7.25. The van der Waals surface area contributed by atoms with Crippen LogP contribution in [0.5, 0.6) is 0 Å². The average Bonchev–Trinajstić information content (AvgIpc) is 2.39. The normalized spacial score (nSPS) is 10.5.